The number of carboxylic acid groups (broad SMARTS) is 1. The van der Waals surface area contributed by atoms with Gasteiger partial charge in [-0.15, -0.1) is 0 Å². The van der Waals surface area contributed by atoms with Crippen LogP contribution in [0.15, 0.2) is 12.1 Å². The van der Waals surface area contributed by atoms with E-state index < -0.39 is 12.6 Å². The van der Waals surface area contributed by atoms with Crippen LogP contribution in [0, 0.1) is 13.8 Å². The van der Waals surface area contributed by atoms with E-state index in [1.165, 1.54) is 0 Å². The Labute approximate surface area is 135 Å². The first-order valence-electron chi connectivity index (χ1n) is 7.82. The van der Waals surface area contributed by atoms with Gasteiger partial charge in [-0.1, -0.05) is 0 Å². The molecule has 1 fully saturated rings. The summed E-state index contributed by atoms with van der Waals surface area (Å²) in [6.07, 6.45) is 2.69. The van der Waals surface area contributed by atoms with Crippen molar-refractivity contribution in [3.63, 3.8) is 0 Å². The molecule has 1 aromatic carbocycles. The molecule has 2 N–H and O–H groups in total. The van der Waals surface area contributed by atoms with Crippen LogP contribution in [0.4, 0.5) is 0 Å². The van der Waals surface area contributed by atoms with Gasteiger partial charge in [0.25, 0.3) is 5.91 Å². The molecule has 0 aromatic heterocycles. The zero-order valence-corrected chi connectivity index (χ0v) is 13.6. The molecular weight excluding hydrogens is 298 g/mol. The van der Waals surface area contributed by atoms with Gasteiger partial charge in [0.05, 0.1) is 0 Å². The molecule has 1 saturated heterocycles. The normalized spacial score (nSPS) is 18.1. The lowest BCUT2D eigenvalue weighted by Crippen LogP contribution is -2.35. The average Bonchev–Trinajstić information content (AvgIpc) is 2.74. The number of hydrogen-bond donors (Lipinski definition) is 2. The Morgan fingerprint density at radius 2 is 1.96 bits per heavy atom. The number of rotatable bonds is 5. The Kier molecular flexibility index (Phi) is 5.98. The Morgan fingerprint density at radius 1 is 1.26 bits per heavy atom. The lowest BCUT2D eigenvalue weighted by molar-refractivity contribution is -0.139. The summed E-state index contributed by atoms with van der Waals surface area (Å²) in [5.41, 5.74) is 2.06. The van der Waals surface area contributed by atoms with Crippen molar-refractivity contribution >= 4 is 11.9 Å². The Bertz CT molecular complexity index is 553. The largest absolute Gasteiger partial charge is 0.481 e. The van der Waals surface area contributed by atoms with Gasteiger partial charge >= 0.3 is 5.97 Å². The minimum absolute atomic E-state index is 0.118. The summed E-state index contributed by atoms with van der Waals surface area (Å²) in [5, 5.41) is 11.8. The minimum Gasteiger partial charge on any atom is -0.481 e. The topological polar surface area (TPSA) is 84.9 Å². The number of benzene rings is 1. The SMILES string of the molecule is Cc1cc(C(=O)NC2CCCOCC2)cc(C)c1OCC(=O)O. The molecule has 0 aliphatic carbocycles. The molecule has 1 heterocycles. The predicted molar refractivity (Wildman–Crippen MR) is 85.0 cm³/mol. The number of aryl methyl sites for hydroxylation is 2. The number of nitrogens with one attached hydrogen (secondary N) is 1. The van der Waals surface area contributed by atoms with E-state index in [2.05, 4.69) is 5.32 Å². The number of aliphatic carboxylic acids is 1. The molecule has 0 saturated carbocycles. The summed E-state index contributed by atoms with van der Waals surface area (Å²) >= 11 is 0. The summed E-state index contributed by atoms with van der Waals surface area (Å²) < 4.78 is 10.7. The number of carboxylic acids is 1. The monoisotopic (exact) mass is 321 g/mol. The molecule has 1 atom stereocenters. The van der Waals surface area contributed by atoms with Gasteiger partial charge in [0.15, 0.2) is 6.61 Å². The van der Waals surface area contributed by atoms with Crippen LogP contribution in [0.3, 0.4) is 0 Å². The minimum atomic E-state index is -1.03. The summed E-state index contributed by atoms with van der Waals surface area (Å²) in [7, 11) is 0. The fourth-order valence-corrected chi connectivity index (χ4v) is 2.76. The molecule has 126 valence electrons. The molecule has 1 aliphatic heterocycles. The Morgan fingerprint density at radius 3 is 2.61 bits per heavy atom. The highest BCUT2D eigenvalue weighted by molar-refractivity contribution is 5.95. The molecule has 1 amide bonds. The molecule has 1 aromatic rings. The van der Waals surface area contributed by atoms with E-state index in [0.29, 0.717) is 17.9 Å². The molecule has 2 rings (SSSR count). The van der Waals surface area contributed by atoms with Crippen molar-refractivity contribution in [3.05, 3.63) is 28.8 Å². The first kappa shape index (κ1) is 17.3. The van der Waals surface area contributed by atoms with Crippen LogP contribution in [-0.4, -0.2) is 42.8 Å². The third-order valence-electron chi connectivity index (χ3n) is 3.85. The van der Waals surface area contributed by atoms with Crippen molar-refractivity contribution in [2.45, 2.75) is 39.2 Å². The first-order valence-corrected chi connectivity index (χ1v) is 7.82. The third kappa shape index (κ3) is 4.96. The van der Waals surface area contributed by atoms with Crippen LogP contribution in [0.1, 0.15) is 40.7 Å². The maximum absolute atomic E-state index is 12.4. The Balaban J connectivity index is 2.07. The van der Waals surface area contributed by atoms with Gasteiger partial charge in [0.1, 0.15) is 5.75 Å². The van der Waals surface area contributed by atoms with Crippen LogP contribution < -0.4 is 10.1 Å². The van der Waals surface area contributed by atoms with Crippen molar-refractivity contribution in [3.8, 4) is 5.75 Å². The highest BCUT2D eigenvalue weighted by Crippen LogP contribution is 2.25. The smallest absolute Gasteiger partial charge is 0.341 e. The predicted octanol–water partition coefficient (Wildman–Crippen LogP) is 2.07. The zero-order valence-electron chi connectivity index (χ0n) is 13.6. The van der Waals surface area contributed by atoms with Crippen molar-refractivity contribution in [1.82, 2.24) is 5.32 Å². The molecule has 1 unspecified atom stereocenters. The maximum atomic E-state index is 12.4. The van der Waals surface area contributed by atoms with Crippen molar-refractivity contribution < 1.29 is 24.2 Å². The van der Waals surface area contributed by atoms with E-state index in [1.807, 2.05) is 0 Å². The molecule has 0 bridgehead atoms. The summed E-state index contributed by atoms with van der Waals surface area (Å²) in [5.74, 6) is -0.624. The van der Waals surface area contributed by atoms with Gasteiger partial charge in [0.2, 0.25) is 0 Å². The molecule has 6 nitrogen and oxygen atoms in total. The second-order valence-corrected chi connectivity index (χ2v) is 5.84. The van der Waals surface area contributed by atoms with Gasteiger partial charge in [0, 0.05) is 24.8 Å². The highest BCUT2D eigenvalue weighted by atomic mass is 16.5. The molecular formula is C17H23NO5. The summed E-state index contributed by atoms with van der Waals surface area (Å²) in [6, 6.07) is 3.59. The standard InChI is InChI=1S/C17H23NO5/c1-11-8-13(9-12(2)16(11)23-10-15(19)20)17(21)18-14-4-3-6-22-7-5-14/h8-9,14H,3-7,10H2,1-2H3,(H,18,21)(H,19,20). The number of ether oxygens (including phenoxy) is 2. The summed E-state index contributed by atoms with van der Waals surface area (Å²) in [6.45, 7) is 4.64. The fourth-order valence-electron chi connectivity index (χ4n) is 2.76. The van der Waals surface area contributed by atoms with E-state index >= 15 is 0 Å². The number of carbonyl (C=O) groups excluding carboxylic acids is 1. The van der Waals surface area contributed by atoms with Crippen molar-refractivity contribution in [2.75, 3.05) is 19.8 Å². The van der Waals surface area contributed by atoms with Gasteiger partial charge < -0.3 is 19.9 Å². The third-order valence-corrected chi connectivity index (χ3v) is 3.85. The molecule has 1 aliphatic rings. The van der Waals surface area contributed by atoms with Crippen LogP contribution >= 0.6 is 0 Å². The van der Waals surface area contributed by atoms with E-state index in [0.717, 1.165) is 37.0 Å². The van der Waals surface area contributed by atoms with E-state index in [4.69, 9.17) is 14.6 Å². The molecule has 0 radical (unpaired) electrons. The summed E-state index contributed by atoms with van der Waals surface area (Å²) in [4.78, 5) is 23.0. The van der Waals surface area contributed by atoms with Crippen LogP contribution in [-0.2, 0) is 9.53 Å². The molecule has 0 spiro atoms. The van der Waals surface area contributed by atoms with Gasteiger partial charge in [-0.3, -0.25) is 4.79 Å². The van der Waals surface area contributed by atoms with Crippen LogP contribution in [0.5, 0.6) is 5.75 Å². The Hall–Kier alpha value is -2.08. The first-order chi connectivity index (χ1) is 11.0. The quantitative estimate of drug-likeness (QED) is 0.867. The number of carbonyl (C=O) groups is 2. The fraction of sp³-hybridized carbons (Fsp3) is 0.529. The maximum Gasteiger partial charge on any atom is 0.341 e. The van der Waals surface area contributed by atoms with E-state index in [1.54, 1.807) is 26.0 Å². The second kappa shape index (κ2) is 7.97. The van der Waals surface area contributed by atoms with Gasteiger partial charge in [-0.25, -0.2) is 4.79 Å². The average molecular weight is 321 g/mol. The molecule has 6 heteroatoms. The molecule has 23 heavy (non-hydrogen) atoms. The lowest BCUT2D eigenvalue weighted by Gasteiger charge is -2.17. The zero-order chi connectivity index (χ0) is 16.8. The number of hydrogen-bond acceptors (Lipinski definition) is 4. The lowest BCUT2D eigenvalue weighted by atomic mass is 10.0. The van der Waals surface area contributed by atoms with Gasteiger partial charge in [-0.2, -0.15) is 0 Å². The van der Waals surface area contributed by atoms with E-state index in [9.17, 15) is 9.59 Å². The van der Waals surface area contributed by atoms with Gasteiger partial charge in [-0.05, 0) is 56.4 Å². The second-order valence-electron chi connectivity index (χ2n) is 5.84. The van der Waals surface area contributed by atoms with E-state index in [-0.39, 0.29) is 11.9 Å². The van der Waals surface area contributed by atoms with Crippen LogP contribution in [0.2, 0.25) is 0 Å². The van der Waals surface area contributed by atoms with Crippen molar-refractivity contribution in [1.29, 1.82) is 0 Å². The highest BCUT2D eigenvalue weighted by Gasteiger charge is 2.18. The van der Waals surface area contributed by atoms with Crippen LogP contribution in [0.25, 0.3) is 0 Å². The van der Waals surface area contributed by atoms with Crippen molar-refractivity contribution in [2.24, 2.45) is 0 Å². The number of amides is 1.